The van der Waals surface area contributed by atoms with Crippen molar-refractivity contribution >= 4 is 11.9 Å². The van der Waals surface area contributed by atoms with Gasteiger partial charge in [0, 0.05) is 12.4 Å². The van der Waals surface area contributed by atoms with Crippen LogP contribution in [0.25, 0.3) is 0 Å². The van der Waals surface area contributed by atoms with E-state index >= 15 is 0 Å². The molecule has 0 aliphatic heterocycles. The van der Waals surface area contributed by atoms with Gasteiger partial charge in [0.05, 0.1) is 11.4 Å². The Morgan fingerprint density at radius 2 is 1.12 bits per heavy atom. The van der Waals surface area contributed by atoms with Crippen LogP contribution in [0.3, 0.4) is 0 Å². The first-order valence-electron chi connectivity index (χ1n) is 7.44. The molecule has 0 spiro atoms. The number of rotatable bonds is 6. The number of hydrogen-bond donors (Lipinski definition) is 0. The maximum atomic E-state index is 11.8. The van der Waals surface area contributed by atoms with Gasteiger partial charge in [0.15, 0.2) is 0 Å². The molecule has 0 unspecified atom stereocenters. The smallest absolute Gasteiger partial charge is 0.380 e. The fourth-order valence-corrected chi connectivity index (χ4v) is 1.77. The zero-order chi connectivity index (χ0) is 18.2. The summed E-state index contributed by atoms with van der Waals surface area (Å²) in [7, 11) is 0. The van der Waals surface area contributed by atoms with Crippen molar-refractivity contribution in [1.29, 1.82) is 0 Å². The van der Waals surface area contributed by atoms with Crippen LogP contribution in [0.4, 0.5) is 0 Å². The lowest BCUT2D eigenvalue weighted by molar-refractivity contribution is 0.0424. The van der Waals surface area contributed by atoms with Gasteiger partial charge in [-0.3, -0.25) is 9.97 Å². The number of esters is 2. The number of aromatic nitrogens is 6. The predicted molar refractivity (Wildman–Crippen MR) is 84.3 cm³/mol. The van der Waals surface area contributed by atoms with Crippen molar-refractivity contribution < 1.29 is 19.1 Å². The third kappa shape index (κ3) is 4.60. The van der Waals surface area contributed by atoms with Gasteiger partial charge in [0.25, 0.3) is 11.6 Å². The summed E-state index contributed by atoms with van der Waals surface area (Å²) in [5.41, 5.74) is 1.13. The highest BCUT2D eigenvalue weighted by atomic mass is 16.5. The number of hydrogen-bond acceptors (Lipinski definition) is 10. The van der Waals surface area contributed by atoms with E-state index < -0.39 is 11.9 Å². The normalized spacial score (nSPS) is 10.2. The average Bonchev–Trinajstić information content (AvgIpc) is 2.72. The Hall–Kier alpha value is -3.82. The summed E-state index contributed by atoms with van der Waals surface area (Å²) in [6.45, 7) is -0.0895. The summed E-state index contributed by atoms with van der Waals surface area (Å²) in [6.07, 6.45) is 3.16. The highest BCUT2D eigenvalue weighted by molar-refractivity contribution is 5.86. The van der Waals surface area contributed by atoms with Crippen LogP contribution in [0, 0.1) is 0 Å². The molecule has 0 aliphatic carbocycles. The molecular formula is C16H12N6O4. The summed E-state index contributed by atoms with van der Waals surface area (Å²) in [4.78, 5) is 31.7. The minimum atomic E-state index is -0.830. The molecule has 3 rings (SSSR count). The fraction of sp³-hybridized carbons (Fsp3) is 0.125. The molecule has 0 amide bonds. The molecule has 0 atom stereocenters. The monoisotopic (exact) mass is 352 g/mol. The largest absolute Gasteiger partial charge is 0.453 e. The zero-order valence-electron chi connectivity index (χ0n) is 13.3. The molecule has 0 aromatic carbocycles. The van der Waals surface area contributed by atoms with E-state index in [2.05, 4.69) is 30.4 Å². The number of nitrogens with zero attached hydrogens (tertiary/aromatic N) is 6. The quantitative estimate of drug-likeness (QED) is 0.586. The van der Waals surface area contributed by atoms with Crippen LogP contribution in [-0.4, -0.2) is 42.3 Å². The van der Waals surface area contributed by atoms with E-state index in [9.17, 15) is 9.59 Å². The lowest BCUT2D eigenvalue weighted by atomic mass is 10.4. The third-order valence-corrected chi connectivity index (χ3v) is 3.00. The Kier molecular flexibility index (Phi) is 5.45. The first-order valence-corrected chi connectivity index (χ1v) is 7.44. The molecule has 3 aromatic heterocycles. The first-order chi connectivity index (χ1) is 12.7. The van der Waals surface area contributed by atoms with Crippen LogP contribution in [0.1, 0.15) is 32.6 Å². The van der Waals surface area contributed by atoms with E-state index in [1.165, 1.54) is 0 Å². The van der Waals surface area contributed by atoms with Gasteiger partial charge in [-0.25, -0.2) is 9.59 Å². The highest BCUT2D eigenvalue weighted by Crippen LogP contribution is 2.01. The molecule has 130 valence electrons. The Labute approximate surface area is 147 Å². The summed E-state index contributed by atoms with van der Waals surface area (Å²) in [5, 5.41) is 14.1. The Bertz CT molecular complexity index is 800. The van der Waals surface area contributed by atoms with Crippen molar-refractivity contribution in [3.63, 3.8) is 0 Å². The molecule has 0 saturated carbocycles. The van der Waals surface area contributed by atoms with E-state index in [0.717, 1.165) is 0 Å². The third-order valence-electron chi connectivity index (χ3n) is 3.00. The molecule has 10 heteroatoms. The molecule has 0 bridgehead atoms. The topological polar surface area (TPSA) is 130 Å². The number of carbonyl (C=O) groups excluding carboxylic acids is 2. The Balaban J connectivity index is 1.53. The van der Waals surface area contributed by atoms with Crippen molar-refractivity contribution in [3.8, 4) is 0 Å². The van der Waals surface area contributed by atoms with Crippen molar-refractivity contribution in [1.82, 2.24) is 30.4 Å². The van der Waals surface area contributed by atoms with Gasteiger partial charge in [0.2, 0.25) is 0 Å². The number of carbonyl (C=O) groups is 2. The maximum Gasteiger partial charge on any atom is 0.380 e. The first kappa shape index (κ1) is 17.0. The molecule has 3 heterocycles. The van der Waals surface area contributed by atoms with Crippen molar-refractivity contribution in [2.45, 2.75) is 13.2 Å². The second-order valence-electron chi connectivity index (χ2n) is 4.84. The van der Waals surface area contributed by atoms with Crippen LogP contribution >= 0.6 is 0 Å². The molecule has 0 N–H and O–H groups in total. The van der Waals surface area contributed by atoms with Crippen LogP contribution < -0.4 is 0 Å². The van der Waals surface area contributed by atoms with Crippen molar-refractivity contribution in [3.05, 3.63) is 71.8 Å². The molecule has 0 aliphatic rings. The van der Waals surface area contributed by atoms with Crippen LogP contribution in [-0.2, 0) is 22.7 Å². The van der Waals surface area contributed by atoms with Gasteiger partial charge in [-0.2, -0.15) is 0 Å². The van der Waals surface area contributed by atoms with E-state index in [1.54, 1.807) is 48.8 Å². The SMILES string of the molecule is O=C(OCc1ccccn1)c1nnc(C(=O)OCc2ccccn2)nn1. The summed E-state index contributed by atoms with van der Waals surface area (Å²) in [6, 6.07) is 10.4. The number of pyridine rings is 2. The summed E-state index contributed by atoms with van der Waals surface area (Å²) < 4.78 is 9.98. The molecule has 26 heavy (non-hydrogen) atoms. The van der Waals surface area contributed by atoms with E-state index in [4.69, 9.17) is 9.47 Å². The molecular weight excluding hydrogens is 340 g/mol. The Morgan fingerprint density at radius 1 is 0.692 bits per heavy atom. The van der Waals surface area contributed by atoms with Crippen LogP contribution in [0.5, 0.6) is 0 Å². The zero-order valence-corrected chi connectivity index (χ0v) is 13.3. The molecule has 0 fully saturated rings. The van der Waals surface area contributed by atoms with Gasteiger partial charge in [0.1, 0.15) is 13.2 Å². The number of ether oxygens (including phenoxy) is 2. The second kappa shape index (κ2) is 8.33. The van der Waals surface area contributed by atoms with Gasteiger partial charge < -0.3 is 9.47 Å². The second-order valence-corrected chi connectivity index (χ2v) is 4.84. The average molecular weight is 352 g/mol. The summed E-state index contributed by atoms with van der Waals surface area (Å²) in [5.74, 6) is -2.41. The Morgan fingerprint density at radius 3 is 1.46 bits per heavy atom. The molecule has 10 nitrogen and oxygen atoms in total. The van der Waals surface area contributed by atoms with Crippen molar-refractivity contribution in [2.24, 2.45) is 0 Å². The van der Waals surface area contributed by atoms with E-state index in [1.807, 2.05) is 0 Å². The van der Waals surface area contributed by atoms with Gasteiger partial charge in [-0.05, 0) is 24.3 Å². The molecule has 0 radical (unpaired) electrons. The lowest BCUT2D eigenvalue weighted by Gasteiger charge is -2.03. The van der Waals surface area contributed by atoms with Gasteiger partial charge >= 0.3 is 11.9 Å². The van der Waals surface area contributed by atoms with Crippen molar-refractivity contribution in [2.75, 3.05) is 0 Å². The maximum absolute atomic E-state index is 11.8. The summed E-state index contributed by atoms with van der Waals surface area (Å²) >= 11 is 0. The van der Waals surface area contributed by atoms with Crippen LogP contribution in [0.2, 0.25) is 0 Å². The van der Waals surface area contributed by atoms with Gasteiger partial charge in [-0.15, -0.1) is 20.4 Å². The standard InChI is InChI=1S/C16H12N6O4/c23-15(25-9-11-5-1-3-7-17-11)13-19-21-14(22-20-13)16(24)26-10-12-6-2-4-8-18-12/h1-8H,9-10H2. The minimum absolute atomic E-state index is 0.0447. The molecule has 3 aromatic rings. The predicted octanol–water partition coefficient (Wildman–Crippen LogP) is 0.771. The lowest BCUT2D eigenvalue weighted by Crippen LogP contribution is -2.17. The fourth-order valence-electron chi connectivity index (χ4n) is 1.77. The van der Waals surface area contributed by atoms with Crippen LogP contribution in [0.15, 0.2) is 48.8 Å². The minimum Gasteiger partial charge on any atom is -0.453 e. The van der Waals surface area contributed by atoms with Gasteiger partial charge in [-0.1, -0.05) is 12.1 Å². The van der Waals surface area contributed by atoms with E-state index in [0.29, 0.717) is 11.4 Å². The van der Waals surface area contributed by atoms with E-state index in [-0.39, 0.29) is 24.9 Å². The molecule has 0 saturated heterocycles. The highest BCUT2D eigenvalue weighted by Gasteiger charge is 2.17.